The first-order valence-electron chi connectivity index (χ1n) is 12.1. The van der Waals surface area contributed by atoms with E-state index in [-0.39, 0.29) is 11.8 Å². The second-order valence-corrected chi connectivity index (χ2v) is 9.06. The van der Waals surface area contributed by atoms with Crippen LogP contribution in [0.3, 0.4) is 0 Å². The summed E-state index contributed by atoms with van der Waals surface area (Å²) >= 11 is 0. The minimum absolute atomic E-state index is 0.226. The first-order valence-corrected chi connectivity index (χ1v) is 12.1. The molecule has 0 aliphatic carbocycles. The fraction of sp³-hybridized carbons (Fsp3) is 0.167. The number of tetrazole rings is 1. The smallest absolute Gasteiger partial charge is 0.178 e. The molecule has 1 aromatic heterocycles. The van der Waals surface area contributed by atoms with Crippen LogP contribution in [-0.4, -0.2) is 30.2 Å². The van der Waals surface area contributed by atoms with E-state index in [2.05, 4.69) is 94.9 Å². The number of hydrogen-bond acceptors (Lipinski definition) is 5. The van der Waals surface area contributed by atoms with Crippen molar-refractivity contribution in [1.29, 1.82) is 0 Å². The Morgan fingerprint density at radius 3 is 1.83 bits per heavy atom. The van der Waals surface area contributed by atoms with Crippen LogP contribution in [0.4, 0.5) is 0 Å². The van der Waals surface area contributed by atoms with Crippen molar-refractivity contribution in [2.24, 2.45) is 0 Å². The Hall–Kier alpha value is -4.29. The predicted molar refractivity (Wildman–Crippen MR) is 141 cm³/mol. The molecular weight excluding hydrogens is 446 g/mol. The molecule has 0 saturated heterocycles. The van der Waals surface area contributed by atoms with E-state index < -0.39 is 0 Å². The van der Waals surface area contributed by atoms with E-state index in [4.69, 9.17) is 0 Å². The zero-order chi connectivity index (χ0) is 24.9. The van der Waals surface area contributed by atoms with Gasteiger partial charge in [-0.2, -0.15) is 4.68 Å². The van der Waals surface area contributed by atoms with Crippen molar-refractivity contribution in [2.45, 2.75) is 33.0 Å². The largest absolute Gasteiger partial charge is 0.508 e. The molecule has 0 fully saturated rings. The van der Waals surface area contributed by atoms with Crippen LogP contribution in [-0.2, 0) is 13.1 Å². The highest BCUT2D eigenvalue weighted by Gasteiger charge is 2.29. The number of rotatable bonds is 8. The monoisotopic (exact) mass is 475 g/mol. The number of hydrogen-bond donors (Lipinski definition) is 1. The summed E-state index contributed by atoms with van der Waals surface area (Å²) in [6.07, 6.45) is 0. The first-order chi connectivity index (χ1) is 17.6. The summed E-state index contributed by atoms with van der Waals surface area (Å²) in [6.45, 7) is 5.55. The zero-order valence-electron chi connectivity index (χ0n) is 20.5. The summed E-state index contributed by atoms with van der Waals surface area (Å²) in [5, 5.41) is 23.2. The van der Waals surface area contributed by atoms with Crippen LogP contribution in [0.15, 0.2) is 103 Å². The van der Waals surface area contributed by atoms with Crippen LogP contribution in [0.25, 0.3) is 5.69 Å². The van der Waals surface area contributed by atoms with Crippen molar-refractivity contribution in [3.63, 3.8) is 0 Å². The van der Waals surface area contributed by atoms with Gasteiger partial charge in [-0.15, -0.1) is 5.10 Å². The molecule has 5 rings (SSSR count). The number of aromatic hydroxyl groups is 1. The van der Waals surface area contributed by atoms with Gasteiger partial charge in [-0.1, -0.05) is 91.0 Å². The standard InChI is InChI=1S/C30H29N5O/c1-22-10-9-11-23(2)28(22)35-30(31-32-33-35)29(26-16-18-27(36)19-17-26)34(20-24-12-5-3-6-13-24)21-25-14-7-4-8-15-25/h3-19,29,36H,20-21H2,1-2H3/t29-/m1/s1. The topological polar surface area (TPSA) is 67.1 Å². The van der Waals surface area contributed by atoms with Gasteiger partial charge in [0.2, 0.25) is 0 Å². The maximum absolute atomic E-state index is 10.0. The van der Waals surface area contributed by atoms with Crippen LogP contribution in [0.5, 0.6) is 5.75 Å². The van der Waals surface area contributed by atoms with Crippen LogP contribution in [0, 0.1) is 13.8 Å². The summed E-state index contributed by atoms with van der Waals surface area (Å²) < 4.78 is 1.87. The molecule has 1 atom stereocenters. The molecule has 6 heteroatoms. The summed E-state index contributed by atoms with van der Waals surface area (Å²) in [4.78, 5) is 2.38. The number of nitrogens with zero attached hydrogens (tertiary/aromatic N) is 5. The van der Waals surface area contributed by atoms with Gasteiger partial charge in [-0.05, 0) is 64.2 Å². The Morgan fingerprint density at radius 2 is 1.28 bits per heavy atom. The lowest BCUT2D eigenvalue weighted by molar-refractivity contribution is 0.197. The van der Waals surface area contributed by atoms with Crippen molar-refractivity contribution in [3.8, 4) is 11.4 Å². The quantitative estimate of drug-likeness (QED) is 0.308. The van der Waals surface area contributed by atoms with Gasteiger partial charge in [0, 0.05) is 13.1 Å². The fourth-order valence-electron chi connectivity index (χ4n) is 4.72. The number of phenols is 1. The van der Waals surface area contributed by atoms with Crippen molar-refractivity contribution >= 4 is 0 Å². The summed E-state index contributed by atoms with van der Waals surface area (Å²) in [6, 6.07) is 34.2. The second kappa shape index (κ2) is 10.5. The highest BCUT2D eigenvalue weighted by molar-refractivity contribution is 5.47. The van der Waals surface area contributed by atoms with Gasteiger partial charge < -0.3 is 5.11 Å². The van der Waals surface area contributed by atoms with Crippen LogP contribution >= 0.6 is 0 Å². The first kappa shape index (κ1) is 23.5. The third kappa shape index (κ3) is 5.04. The lowest BCUT2D eigenvalue weighted by Gasteiger charge is -2.32. The molecule has 1 heterocycles. The highest BCUT2D eigenvalue weighted by atomic mass is 16.3. The Kier molecular flexibility index (Phi) is 6.87. The van der Waals surface area contributed by atoms with Gasteiger partial charge in [0.25, 0.3) is 0 Å². The lowest BCUT2D eigenvalue weighted by Crippen LogP contribution is -2.31. The van der Waals surface area contributed by atoms with Crippen molar-refractivity contribution in [3.05, 3.63) is 137 Å². The van der Waals surface area contributed by atoms with E-state index in [1.165, 1.54) is 11.1 Å². The number of aryl methyl sites for hydroxylation is 2. The average Bonchev–Trinajstić information content (AvgIpc) is 3.35. The SMILES string of the molecule is Cc1cccc(C)c1-n1nnnc1[C@@H](c1ccc(O)cc1)N(Cc1ccccc1)Cc1ccccc1. The van der Waals surface area contributed by atoms with E-state index in [9.17, 15) is 5.11 Å². The second-order valence-electron chi connectivity index (χ2n) is 9.06. The van der Waals surface area contributed by atoms with Crippen molar-refractivity contribution in [1.82, 2.24) is 25.1 Å². The van der Waals surface area contributed by atoms with E-state index in [0.717, 1.165) is 28.2 Å². The van der Waals surface area contributed by atoms with Crippen molar-refractivity contribution in [2.75, 3.05) is 0 Å². The zero-order valence-corrected chi connectivity index (χ0v) is 20.5. The maximum Gasteiger partial charge on any atom is 0.178 e. The van der Waals surface area contributed by atoms with Crippen LogP contribution in [0.2, 0.25) is 0 Å². The molecule has 0 spiro atoms. The molecule has 180 valence electrons. The summed E-state index contributed by atoms with van der Waals surface area (Å²) in [5.74, 6) is 0.953. The predicted octanol–water partition coefficient (Wildman–Crippen LogP) is 5.78. The van der Waals surface area contributed by atoms with E-state index in [1.807, 2.05) is 35.0 Å². The molecule has 0 bridgehead atoms. The van der Waals surface area contributed by atoms with Crippen LogP contribution < -0.4 is 0 Å². The lowest BCUT2D eigenvalue weighted by atomic mass is 10.0. The fourth-order valence-corrected chi connectivity index (χ4v) is 4.72. The molecule has 6 nitrogen and oxygen atoms in total. The number of aromatic nitrogens is 4. The highest BCUT2D eigenvalue weighted by Crippen LogP contribution is 2.33. The van der Waals surface area contributed by atoms with Crippen molar-refractivity contribution < 1.29 is 5.11 Å². The van der Waals surface area contributed by atoms with Gasteiger partial charge in [-0.3, -0.25) is 4.90 Å². The molecule has 0 unspecified atom stereocenters. The number of phenolic OH excluding ortho intramolecular Hbond substituents is 1. The normalized spacial score (nSPS) is 12.1. The Balaban J connectivity index is 1.67. The van der Waals surface area contributed by atoms with E-state index >= 15 is 0 Å². The molecule has 0 aliphatic heterocycles. The molecule has 0 amide bonds. The number of para-hydroxylation sites is 1. The molecule has 4 aromatic carbocycles. The molecular formula is C30H29N5O. The van der Waals surface area contributed by atoms with Gasteiger partial charge in [0.15, 0.2) is 5.82 Å². The number of benzene rings is 4. The summed E-state index contributed by atoms with van der Waals surface area (Å²) in [5.41, 5.74) is 6.59. The molecule has 0 radical (unpaired) electrons. The molecule has 5 aromatic rings. The summed E-state index contributed by atoms with van der Waals surface area (Å²) in [7, 11) is 0. The average molecular weight is 476 g/mol. The molecule has 36 heavy (non-hydrogen) atoms. The molecule has 0 aliphatic rings. The minimum atomic E-state index is -0.264. The van der Waals surface area contributed by atoms with Gasteiger partial charge in [0.1, 0.15) is 5.75 Å². The van der Waals surface area contributed by atoms with Crippen LogP contribution in [0.1, 0.15) is 39.7 Å². The Bertz CT molecular complexity index is 1350. The Morgan fingerprint density at radius 1 is 0.722 bits per heavy atom. The van der Waals surface area contributed by atoms with E-state index in [0.29, 0.717) is 13.1 Å². The molecule has 0 saturated carbocycles. The van der Waals surface area contributed by atoms with Gasteiger partial charge in [0.05, 0.1) is 11.7 Å². The third-order valence-electron chi connectivity index (χ3n) is 6.42. The third-order valence-corrected chi connectivity index (χ3v) is 6.42. The maximum atomic E-state index is 10.0. The van der Waals surface area contributed by atoms with Gasteiger partial charge >= 0.3 is 0 Å². The van der Waals surface area contributed by atoms with E-state index in [1.54, 1.807) is 12.1 Å². The minimum Gasteiger partial charge on any atom is -0.508 e. The Labute approximate surface area is 211 Å². The molecule has 1 N–H and O–H groups in total. The van der Waals surface area contributed by atoms with Gasteiger partial charge in [-0.25, -0.2) is 0 Å².